The van der Waals surface area contributed by atoms with E-state index < -0.39 is 0 Å². The van der Waals surface area contributed by atoms with Crippen molar-refractivity contribution < 1.29 is 0 Å². The van der Waals surface area contributed by atoms with Crippen molar-refractivity contribution in [2.24, 2.45) is 0 Å². The maximum Gasteiger partial charge on any atom is 0.195 e. The molecule has 0 aliphatic heterocycles. The summed E-state index contributed by atoms with van der Waals surface area (Å²) >= 11 is 7.78. The van der Waals surface area contributed by atoms with Gasteiger partial charge in [-0.3, -0.25) is 4.40 Å². The fourth-order valence-electron chi connectivity index (χ4n) is 2.42. The molecule has 0 saturated heterocycles. The first-order valence-electron chi connectivity index (χ1n) is 6.34. The number of fused-ring (bicyclic) bond motifs is 3. The van der Waals surface area contributed by atoms with E-state index in [1.54, 1.807) is 11.3 Å². The van der Waals surface area contributed by atoms with E-state index in [9.17, 15) is 0 Å². The molecule has 98 valence electrons. The summed E-state index contributed by atoms with van der Waals surface area (Å²) < 4.78 is 2.18. The summed E-state index contributed by atoms with van der Waals surface area (Å²) in [5.41, 5.74) is 5.66. The summed E-state index contributed by atoms with van der Waals surface area (Å²) in [7, 11) is 0. The molecule has 0 spiro atoms. The molecule has 2 nitrogen and oxygen atoms in total. The van der Waals surface area contributed by atoms with Gasteiger partial charge < -0.3 is 0 Å². The molecular formula is C16H11ClN2S. The Bertz CT molecular complexity index is 919. The largest absolute Gasteiger partial charge is 0.283 e. The molecule has 0 radical (unpaired) electrons. The normalized spacial score (nSPS) is 11.5. The van der Waals surface area contributed by atoms with Gasteiger partial charge >= 0.3 is 0 Å². The van der Waals surface area contributed by atoms with E-state index in [1.165, 1.54) is 11.1 Å². The number of aryl methyl sites for hydroxylation is 1. The van der Waals surface area contributed by atoms with Gasteiger partial charge in [-0.2, -0.15) is 0 Å². The first-order chi connectivity index (χ1) is 9.72. The smallest absolute Gasteiger partial charge is 0.195 e. The van der Waals surface area contributed by atoms with Crippen LogP contribution in [0.3, 0.4) is 0 Å². The Morgan fingerprint density at radius 3 is 2.70 bits per heavy atom. The zero-order chi connectivity index (χ0) is 13.7. The van der Waals surface area contributed by atoms with Crippen molar-refractivity contribution in [3.05, 3.63) is 58.4 Å². The number of thiazole rings is 1. The Hall–Kier alpha value is -1.84. The minimum Gasteiger partial charge on any atom is -0.283 e. The Labute approximate surface area is 125 Å². The van der Waals surface area contributed by atoms with Crippen LogP contribution in [-0.4, -0.2) is 9.38 Å². The summed E-state index contributed by atoms with van der Waals surface area (Å²) in [5.74, 6) is 0. The lowest BCUT2D eigenvalue weighted by Gasteiger charge is -2.02. The Kier molecular flexibility index (Phi) is 2.59. The molecule has 0 amide bonds. The number of nitrogens with zero attached hydrogens (tertiary/aromatic N) is 2. The van der Waals surface area contributed by atoms with Crippen LogP contribution in [0.15, 0.2) is 47.8 Å². The van der Waals surface area contributed by atoms with Gasteiger partial charge in [0, 0.05) is 10.4 Å². The standard InChI is InChI=1S/C16H11ClN2S/c1-10-2-4-11(5-3-10)15-9-20-16-18-13-7-6-12(17)8-14(13)19(15)16/h2-9H,1H3. The average Bonchev–Trinajstić information content (AvgIpc) is 2.99. The predicted octanol–water partition coefficient (Wildman–Crippen LogP) is 5.18. The monoisotopic (exact) mass is 298 g/mol. The van der Waals surface area contributed by atoms with Crippen molar-refractivity contribution in [1.29, 1.82) is 0 Å². The second-order valence-electron chi connectivity index (χ2n) is 4.85. The summed E-state index contributed by atoms with van der Waals surface area (Å²) in [6, 6.07) is 14.4. The highest BCUT2D eigenvalue weighted by Gasteiger charge is 2.12. The van der Waals surface area contributed by atoms with E-state index >= 15 is 0 Å². The van der Waals surface area contributed by atoms with E-state index in [0.29, 0.717) is 0 Å². The fourth-order valence-corrected chi connectivity index (χ4v) is 3.50. The van der Waals surface area contributed by atoms with Crippen molar-refractivity contribution in [1.82, 2.24) is 9.38 Å². The van der Waals surface area contributed by atoms with Crippen LogP contribution in [0.4, 0.5) is 0 Å². The van der Waals surface area contributed by atoms with Gasteiger partial charge in [-0.25, -0.2) is 4.98 Å². The molecule has 0 N–H and O–H groups in total. The summed E-state index contributed by atoms with van der Waals surface area (Å²) in [4.78, 5) is 5.64. The number of imidazole rings is 1. The molecule has 0 fully saturated rings. The molecular weight excluding hydrogens is 288 g/mol. The van der Waals surface area contributed by atoms with Crippen LogP contribution in [0.1, 0.15) is 5.56 Å². The molecule has 20 heavy (non-hydrogen) atoms. The topological polar surface area (TPSA) is 17.3 Å². The van der Waals surface area contributed by atoms with Gasteiger partial charge in [0.05, 0.1) is 16.7 Å². The second kappa shape index (κ2) is 4.33. The molecule has 2 heterocycles. The van der Waals surface area contributed by atoms with Gasteiger partial charge in [0.15, 0.2) is 4.96 Å². The second-order valence-corrected chi connectivity index (χ2v) is 6.12. The number of aromatic nitrogens is 2. The summed E-state index contributed by atoms with van der Waals surface area (Å²) in [6.45, 7) is 2.10. The minimum absolute atomic E-state index is 0.736. The van der Waals surface area contributed by atoms with E-state index in [0.717, 1.165) is 26.7 Å². The highest BCUT2D eigenvalue weighted by molar-refractivity contribution is 7.15. The molecule has 0 saturated carbocycles. The zero-order valence-corrected chi connectivity index (χ0v) is 12.4. The van der Waals surface area contributed by atoms with Gasteiger partial charge in [-0.05, 0) is 30.7 Å². The van der Waals surface area contributed by atoms with Crippen LogP contribution < -0.4 is 0 Å². The van der Waals surface area contributed by atoms with Gasteiger partial charge in [-0.1, -0.05) is 41.4 Å². The molecule has 4 heteroatoms. The minimum atomic E-state index is 0.736. The molecule has 2 aromatic carbocycles. The molecule has 4 rings (SSSR count). The van der Waals surface area contributed by atoms with Gasteiger partial charge in [-0.15, -0.1) is 11.3 Å². The van der Waals surface area contributed by atoms with Gasteiger partial charge in [0.25, 0.3) is 0 Å². The molecule has 4 aromatic rings. The highest BCUT2D eigenvalue weighted by Crippen LogP contribution is 2.31. The van der Waals surface area contributed by atoms with E-state index in [4.69, 9.17) is 11.6 Å². The number of hydrogen-bond donors (Lipinski definition) is 0. The number of hydrogen-bond acceptors (Lipinski definition) is 2. The first kappa shape index (κ1) is 11.9. The summed E-state index contributed by atoms with van der Waals surface area (Å²) in [6.07, 6.45) is 0. The maximum absolute atomic E-state index is 6.12. The third kappa shape index (κ3) is 1.74. The molecule has 0 unspecified atom stereocenters. The Balaban J connectivity index is 2.06. The summed E-state index contributed by atoms with van der Waals surface area (Å²) in [5, 5.41) is 2.88. The van der Waals surface area contributed by atoms with Crippen molar-refractivity contribution in [2.75, 3.05) is 0 Å². The fraction of sp³-hybridized carbons (Fsp3) is 0.0625. The number of benzene rings is 2. The van der Waals surface area contributed by atoms with Crippen LogP contribution in [0.25, 0.3) is 27.3 Å². The Morgan fingerprint density at radius 2 is 1.90 bits per heavy atom. The maximum atomic E-state index is 6.12. The van der Waals surface area contributed by atoms with Crippen molar-refractivity contribution >= 4 is 38.9 Å². The quantitative estimate of drug-likeness (QED) is 0.473. The van der Waals surface area contributed by atoms with Crippen LogP contribution in [0.5, 0.6) is 0 Å². The van der Waals surface area contributed by atoms with Crippen LogP contribution in [0.2, 0.25) is 5.02 Å². The first-order valence-corrected chi connectivity index (χ1v) is 7.60. The van der Waals surface area contributed by atoms with Crippen molar-refractivity contribution in [2.45, 2.75) is 6.92 Å². The lowest BCUT2D eigenvalue weighted by atomic mass is 10.1. The molecule has 0 atom stereocenters. The van der Waals surface area contributed by atoms with Crippen LogP contribution >= 0.6 is 22.9 Å². The number of rotatable bonds is 1. The third-order valence-electron chi connectivity index (χ3n) is 3.45. The average molecular weight is 299 g/mol. The van der Waals surface area contributed by atoms with Crippen LogP contribution in [0, 0.1) is 6.92 Å². The van der Waals surface area contributed by atoms with E-state index in [1.807, 2.05) is 18.2 Å². The van der Waals surface area contributed by atoms with Gasteiger partial charge in [0.1, 0.15) is 0 Å². The third-order valence-corrected chi connectivity index (χ3v) is 4.51. The number of halogens is 1. The van der Waals surface area contributed by atoms with Crippen molar-refractivity contribution in [3.8, 4) is 11.3 Å². The molecule has 0 aliphatic carbocycles. The predicted molar refractivity (Wildman–Crippen MR) is 85.8 cm³/mol. The van der Waals surface area contributed by atoms with Gasteiger partial charge in [0.2, 0.25) is 0 Å². The Morgan fingerprint density at radius 1 is 1.10 bits per heavy atom. The SMILES string of the molecule is Cc1ccc(-c2csc3nc4ccc(Cl)cc4n23)cc1. The molecule has 2 aromatic heterocycles. The lowest BCUT2D eigenvalue weighted by molar-refractivity contribution is 1.28. The molecule has 0 bridgehead atoms. The lowest BCUT2D eigenvalue weighted by Crippen LogP contribution is -1.86. The van der Waals surface area contributed by atoms with Crippen LogP contribution in [-0.2, 0) is 0 Å². The highest BCUT2D eigenvalue weighted by atomic mass is 35.5. The van der Waals surface area contributed by atoms with E-state index in [-0.39, 0.29) is 0 Å². The van der Waals surface area contributed by atoms with Crippen molar-refractivity contribution in [3.63, 3.8) is 0 Å². The zero-order valence-electron chi connectivity index (χ0n) is 10.8. The molecule has 0 aliphatic rings. The van der Waals surface area contributed by atoms with E-state index in [2.05, 4.69) is 46.0 Å².